The van der Waals surface area contributed by atoms with Crippen LogP contribution in [0.3, 0.4) is 0 Å². The number of hydrogen-bond donors (Lipinski definition) is 1. The number of carboxylic acid groups (broad SMARTS) is 1. The number of hydrogen-bond acceptors (Lipinski definition) is 5. The molecule has 0 bridgehead atoms. The molecule has 0 saturated carbocycles. The summed E-state index contributed by atoms with van der Waals surface area (Å²) in [7, 11) is 1.70. The van der Waals surface area contributed by atoms with E-state index in [1.165, 1.54) is 24.3 Å². The number of piperidine rings is 1. The molecule has 0 spiro atoms. The van der Waals surface area contributed by atoms with Crippen molar-refractivity contribution in [3.8, 4) is 11.5 Å². The van der Waals surface area contributed by atoms with Crippen molar-refractivity contribution >= 4 is 28.6 Å². The van der Waals surface area contributed by atoms with E-state index in [9.17, 15) is 27.5 Å². The first-order chi connectivity index (χ1) is 19.6. The zero-order valence-corrected chi connectivity index (χ0v) is 22.7. The Morgan fingerprint density at radius 1 is 1.07 bits per heavy atom. The lowest BCUT2D eigenvalue weighted by atomic mass is 9.89. The Morgan fingerprint density at radius 3 is 2.51 bits per heavy atom. The first-order valence-corrected chi connectivity index (χ1v) is 13.2. The number of fused-ring (bicyclic) bond motifs is 1. The Kier molecular flexibility index (Phi) is 8.37. The average Bonchev–Trinajstić information content (AvgIpc) is 3.24. The van der Waals surface area contributed by atoms with Gasteiger partial charge in [-0.15, -0.1) is 0 Å². The van der Waals surface area contributed by atoms with Crippen LogP contribution in [0.5, 0.6) is 11.5 Å². The van der Waals surface area contributed by atoms with Crippen LogP contribution < -0.4 is 9.47 Å². The van der Waals surface area contributed by atoms with Crippen LogP contribution >= 0.6 is 11.6 Å². The number of halogens is 5. The molecular formula is C29H26ClF4N3O4. The van der Waals surface area contributed by atoms with Crippen molar-refractivity contribution < 1.29 is 36.9 Å². The van der Waals surface area contributed by atoms with Gasteiger partial charge in [0, 0.05) is 17.6 Å². The lowest BCUT2D eigenvalue weighted by Gasteiger charge is -2.32. The summed E-state index contributed by atoms with van der Waals surface area (Å²) in [4.78, 5) is 18.2. The third kappa shape index (κ3) is 6.41. The van der Waals surface area contributed by atoms with Gasteiger partial charge in [0.1, 0.15) is 23.8 Å². The van der Waals surface area contributed by atoms with Gasteiger partial charge in [-0.3, -0.25) is 4.90 Å². The molecule has 0 radical (unpaired) electrons. The number of aryl methyl sites for hydroxylation is 1. The van der Waals surface area contributed by atoms with Gasteiger partial charge in [0.2, 0.25) is 0 Å². The van der Waals surface area contributed by atoms with Crippen LogP contribution in [-0.2, 0) is 20.2 Å². The minimum Gasteiger partial charge on any atom is -0.486 e. The van der Waals surface area contributed by atoms with E-state index < -0.39 is 24.2 Å². The smallest absolute Gasteiger partial charge is 0.387 e. The number of aromatic carboxylic acids is 1. The third-order valence-electron chi connectivity index (χ3n) is 7.28. The zero-order chi connectivity index (χ0) is 29.3. The van der Waals surface area contributed by atoms with Crippen molar-refractivity contribution in [3.63, 3.8) is 0 Å². The minimum atomic E-state index is -3.12. The number of imidazole rings is 1. The molecule has 1 saturated heterocycles. The molecule has 0 aliphatic carbocycles. The zero-order valence-electron chi connectivity index (χ0n) is 21.9. The molecule has 1 fully saturated rings. The summed E-state index contributed by atoms with van der Waals surface area (Å²) in [5, 5.41) is 9.65. The van der Waals surface area contributed by atoms with Crippen LogP contribution in [-0.4, -0.2) is 45.2 Å². The van der Waals surface area contributed by atoms with Crippen molar-refractivity contribution in [3.05, 3.63) is 87.7 Å². The number of ether oxygens (including phenoxy) is 2. The van der Waals surface area contributed by atoms with Crippen molar-refractivity contribution in [2.45, 2.75) is 38.5 Å². The van der Waals surface area contributed by atoms with Crippen molar-refractivity contribution in [2.24, 2.45) is 7.05 Å². The lowest BCUT2D eigenvalue weighted by Crippen LogP contribution is -2.33. The standard InChI is InChI=1S/C29H26ClF4N3O4/c1-36-23-10-19(28(38)39)12-25(41-29(33)34)27(23)35-26(36)14-37-8-6-16(7-9-37)17-3-5-21(31)24(11-17)40-15-18-2-4-20(30)13-22(18)32/h2-5,10-13,16,29H,6-9,14-15H2,1H3,(H,38,39). The Bertz CT molecular complexity index is 1590. The van der Waals surface area contributed by atoms with Crippen LogP contribution in [0.2, 0.25) is 5.02 Å². The Hall–Kier alpha value is -3.83. The fourth-order valence-corrected chi connectivity index (χ4v) is 5.22. The van der Waals surface area contributed by atoms with E-state index in [2.05, 4.69) is 14.6 Å². The molecule has 1 aliphatic heterocycles. The number of benzene rings is 3. The molecule has 2 heterocycles. The molecule has 41 heavy (non-hydrogen) atoms. The highest BCUT2D eigenvalue weighted by Crippen LogP contribution is 2.34. The number of alkyl halides is 2. The first-order valence-electron chi connectivity index (χ1n) is 12.8. The van der Waals surface area contributed by atoms with Gasteiger partial charge < -0.3 is 19.1 Å². The molecule has 7 nitrogen and oxygen atoms in total. The van der Waals surface area contributed by atoms with E-state index in [0.29, 0.717) is 31.0 Å². The summed E-state index contributed by atoms with van der Waals surface area (Å²) < 4.78 is 66.3. The van der Waals surface area contributed by atoms with Crippen LogP contribution in [0.25, 0.3) is 11.0 Å². The van der Waals surface area contributed by atoms with Gasteiger partial charge in [-0.1, -0.05) is 23.7 Å². The van der Waals surface area contributed by atoms with Crippen molar-refractivity contribution in [1.29, 1.82) is 0 Å². The summed E-state index contributed by atoms with van der Waals surface area (Å²) in [6.07, 6.45) is 1.54. The van der Waals surface area contributed by atoms with Gasteiger partial charge in [-0.25, -0.2) is 18.6 Å². The van der Waals surface area contributed by atoms with Crippen molar-refractivity contribution in [1.82, 2.24) is 14.5 Å². The molecule has 0 amide bonds. The molecule has 0 unspecified atom stereocenters. The number of carboxylic acids is 1. The molecule has 5 rings (SSSR count). The van der Waals surface area contributed by atoms with Gasteiger partial charge in [0.25, 0.3) is 0 Å². The monoisotopic (exact) mass is 591 g/mol. The quantitative estimate of drug-likeness (QED) is 0.217. The highest BCUT2D eigenvalue weighted by atomic mass is 35.5. The number of aromatic nitrogens is 2. The van der Waals surface area contributed by atoms with Gasteiger partial charge in [0.05, 0.1) is 17.6 Å². The molecule has 1 N–H and O–H groups in total. The van der Waals surface area contributed by atoms with Gasteiger partial charge in [0.15, 0.2) is 17.3 Å². The Morgan fingerprint density at radius 2 is 1.83 bits per heavy atom. The fourth-order valence-electron chi connectivity index (χ4n) is 5.06. The van der Waals surface area contributed by atoms with Crippen molar-refractivity contribution in [2.75, 3.05) is 13.1 Å². The largest absolute Gasteiger partial charge is 0.486 e. The highest BCUT2D eigenvalue weighted by Gasteiger charge is 2.25. The maximum absolute atomic E-state index is 14.5. The number of nitrogens with zero attached hydrogens (tertiary/aromatic N) is 3. The van der Waals surface area contributed by atoms with Crippen LogP contribution in [0.1, 0.15) is 46.1 Å². The van der Waals surface area contributed by atoms with Gasteiger partial charge in [-0.2, -0.15) is 8.78 Å². The van der Waals surface area contributed by atoms with E-state index >= 15 is 0 Å². The molecule has 1 aliphatic rings. The molecule has 4 aromatic rings. The predicted octanol–water partition coefficient (Wildman–Crippen LogP) is 6.76. The second-order valence-corrected chi connectivity index (χ2v) is 10.3. The first kappa shape index (κ1) is 28.7. The van der Waals surface area contributed by atoms with Gasteiger partial charge >= 0.3 is 12.6 Å². The normalized spacial score (nSPS) is 14.6. The topological polar surface area (TPSA) is 76.8 Å². The average molecular weight is 592 g/mol. The van der Waals surface area contributed by atoms with Crippen LogP contribution in [0.15, 0.2) is 48.5 Å². The number of carbonyl (C=O) groups is 1. The lowest BCUT2D eigenvalue weighted by molar-refractivity contribution is -0.0489. The maximum Gasteiger partial charge on any atom is 0.387 e. The summed E-state index contributed by atoms with van der Waals surface area (Å²) in [5.41, 5.74) is 1.55. The molecule has 0 atom stereocenters. The fraction of sp³-hybridized carbons (Fsp3) is 0.310. The molecule has 1 aromatic heterocycles. The third-order valence-corrected chi connectivity index (χ3v) is 7.52. The Balaban J connectivity index is 1.26. The van der Waals surface area contributed by atoms with E-state index in [-0.39, 0.29) is 45.7 Å². The summed E-state index contributed by atoms with van der Waals surface area (Å²) in [6.45, 7) is -1.46. The maximum atomic E-state index is 14.5. The molecule has 3 aromatic carbocycles. The Labute approximate surface area is 237 Å². The van der Waals surface area contributed by atoms with Gasteiger partial charge in [-0.05, 0) is 73.8 Å². The van der Waals surface area contributed by atoms with E-state index in [1.807, 2.05) is 0 Å². The molecule has 216 valence electrons. The van der Waals surface area contributed by atoms with Crippen LogP contribution in [0.4, 0.5) is 17.6 Å². The predicted molar refractivity (Wildman–Crippen MR) is 144 cm³/mol. The van der Waals surface area contributed by atoms with E-state index in [1.54, 1.807) is 29.8 Å². The molecular weight excluding hydrogens is 566 g/mol. The number of rotatable bonds is 9. The van der Waals surface area contributed by atoms with Crippen LogP contribution in [0, 0.1) is 11.6 Å². The SMILES string of the molecule is Cn1c(CN2CCC(c3ccc(F)c(OCc4ccc(Cl)cc4F)c3)CC2)nc2c(OC(F)F)cc(C(=O)O)cc21. The molecule has 12 heteroatoms. The second kappa shape index (κ2) is 12.0. The van der Waals surface area contributed by atoms with E-state index in [0.717, 1.165) is 24.5 Å². The number of likely N-dealkylation sites (tertiary alicyclic amines) is 1. The summed E-state index contributed by atoms with van der Waals surface area (Å²) in [6, 6.07) is 11.4. The second-order valence-electron chi connectivity index (χ2n) is 9.88. The minimum absolute atomic E-state index is 0.0431. The highest BCUT2D eigenvalue weighted by molar-refractivity contribution is 6.30. The summed E-state index contributed by atoms with van der Waals surface area (Å²) in [5.74, 6) is -1.85. The summed E-state index contributed by atoms with van der Waals surface area (Å²) >= 11 is 5.79. The van der Waals surface area contributed by atoms with E-state index in [4.69, 9.17) is 16.3 Å².